The maximum atomic E-state index is 5.65. The van der Waals surface area contributed by atoms with E-state index in [1.54, 1.807) is 18.9 Å². The first-order valence-electron chi connectivity index (χ1n) is 6.79. The third-order valence-electron chi connectivity index (χ3n) is 3.38. The molecule has 0 saturated carbocycles. The van der Waals surface area contributed by atoms with Gasteiger partial charge in [-0.1, -0.05) is 11.8 Å². The van der Waals surface area contributed by atoms with Crippen molar-refractivity contribution >= 4 is 11.8 Å². The van der Waals surface area contributed by atoms with Crippen LogP contribution in [0.3, 0.4) is 0 Å². The molecule has 1 aromatic heterocycles. The zero-order valence-corrected chi connectivity index (χ0v) is 12.3. The minimum Gasteiger partial charge on any atom is -0.497 e. The Morgan fingerprint density at radius 3 is 2.95 bits per heavy atom. The van der Waals surface area contributed by atoms with Gasteiger partial charge in [-0.2, -0.15) is 0 Å². The lowest BCUT2D eigenvalue weighted by Gasteiger charge is -2.11. The molecule has 0 radical (unpaired) electrons. The fourth-order valence-electron chi connectivity index (χ4n) is 2.28. The molecule has 1 aromatic carbocycles. The van der Waals surface area contributed by atoms with E-state index in [1.165, 1.54) is 6.42 Å². The summed E-state index contributed by atoms with van der Waals surface area (Å²) in [5.74, 6) is 1.83. The normalized spacial score (nSPS) is 18.4. The highest BCUT2D eigenvalue weighted by Crippen LogP contribution is 2.25. The van der Waals surface area contributed by atoms with Crippen LogP contribution in [0.5, 0.6) is 5.75 Å². The Bertz CT molecular complexity index is 547. The van der Waals surface area contributed by atoms with Crippen molar-refractivity contribution in [1.29, 1.82) is 0 Å². The van der Waals surface area contributed by atoms with E-state index in [-0.39, 0.29) is 0 Å². The average Bonchev–Trinajstić information content (AvgIpc) is 3.16. The summed E-state index contributed by atoms with van der Waals surface area (Å²) in [4.78, 5) is 4.44. The van der Waals surface area contributed by atoms with Gasteiger partial charge in [-0.3, -0.25) is 4.57 Å². The Morgan fingerprint density at radius 2 is 2.25 bits per heavy atom. The van der Waals surface area contributed by atoms with Crippen LogP contribution in [0.4, 0.5) is 0 Å². The van der Waals surface area contributed by atoms with Crippen molar-refractivity contribution in [1.82, 2.24) is 9.55 Å². The maximum Gasteiger partial charge on any atom is 0.172 e. The molecule has 1 unspecified atom stereocenters. The molecule has 0 N–H and O–H groups in total. The quantitative estimate of drug-likeness (QED) is 0.793. The van der Waals surface area contributed by atoms with Crippen LogP contribution in [0.25, 0.3) is 5.69 Å². The van der Waals surface area contributed by atoms with Gasteiger partial charge >= 0.3 is 0 Å². The minimum atomic E-state index is 0.376. The molecule has 106 valence electrons. The van der Waals surface area contributed by atoms with E-state index in [0.717, 1.165) is 35.4 Å². The van der Waals surface area contributed by atoms with Gasteiger partial charge in [-0.05, 0) is 37.1 Å². The van der Waals surface area contributed by atoms with E-state index in [4.69, 9.17) is 9.47 Å². The van der Waals surface area contributed by atoms with Gasteiger partial charge in [-0.15, -0.1) is 0 Å². The predicted molar refractivity (Wildman–Crippen MR) is 79.8 cm³/mol. The van der Waals surface area contributed by atoms with E-state index in [1.807, 2.05) is 36.7 Å². The Labute approximate surface area is 123 Å². The summed E-state index contributed by atoms with van der Waals surface area (Å²) < 4.78 is 12.9. The summed E-state index contributed by atoms with van der Waals surface area (Å²) >= 11 is 1.75. The summed E-state index contributed by atoms with van der Waals surface area (Å²) in [7, 11) is 1.68. The monoisotopic (exact) mass is 290 g/mol. The van der Waals surface area contributed by atoms with Crippen molar-refractivity contribution in [3.63, 3.8) is 0 Å². The van der Waals surface area contributed by atoms with E-state index < -0.39 is 0 Å². The lowest BCUT2D eigenvalue weighted by molar-refractivity contribution is 0.129. The third-order valence-corrected chi connectivity index (χ3v) is 4.48. The number of thioether (sulfide) groups is 1. The lowest BCUT2D eigenvalue weighted by atomic mass is 10.3. The molecular weight excluding hydrogens is 272 g/mol. The van der Waals surface area contributed by atoms with Crippen LogP contribution in [-0.4, -0.2) is 35.1 Å². The first-order chi connectivity index (χ1) is 9.86. The number of rotatable bonds is 5. The first-order valence-corrected chi connectivity index (χ1v) is 7.77. The number of hydrogen-bond acceptors (Lipinski definition) is 4. The van der Waals surface area contributed by atoms with Crippen molar-refractivity contribution in [3.05, 3.63) is 36.7 Å². The van der Waals surface area contributed by atoms with Crippen LogP contribution in [0.2, 0.25) is 0 Å². The third kappa shape index (κ3) is 2.99. The Kier molecular flexibility index (Phi) is 4.28. The van der Waals surface area contributed by atoms with Crippen LogP contribution in [0.1, 0.15) is 12.8 Å². The second-order valence-corrected chi connectivity index (χ2v) is 5.71. The van der Waals surface area contributed by atoms with Gasteiger partial charge in [0.15, 0.2) is 5.16 Å². The van der Waals surface area contributed by atoms with Crippen molar-refractivity contribution in [2.45, 2.75) is 24.1 Å². The molecule has 0 bridgehead atoms. The van der Waals surface area contributed by atoms with Crippen LogP contribution in [-0.2, 0) is 4.74 Å². The number of imidazole rings is 1. The summed E-state index contributed by atoms with van der Waals surface area (Å²) in [6, 6.07) is 8.00. The molecule has 0 spiro atoms. The molecule has 20 heavy (non-hydrogen) atoms. The molecule has 3 rings (SSSR count). The average molecular weight is 290 g/mol. The van der Waals surface area contributed by atoms with Crippen molar-refractivity contribution < 1.29 is 9.47 Å². The van der Waals surface area contributed by atoms with Gasteiger partial charge < -0.3 is 9.47 Å². The Hall–Kier alpha value is -1.46. The molecule has 1 aliphatic rings. The highest BCUT2D eigenvalue weighted by Gasteiger charge is 2.17. The number of benzene rings is 1. The lowest BCUT2D eigenvalue weighted by Crippen LogP contribution is -2.08. The molecule has 1 aliphatic heterocycles. The molecule has 1 atom stereocenters. The number of ether oxygens (including phenoxy) is 2. The SMILES string of the molecule is COc1ccc(-n2ccnc2SCC2CCCO2)cc1. The van der Waals surface area contributed by atoms with Gasteiger partial charge in [0, 0.05) is 30.4 Å². The number of aromatic nitrogens is 2. The summed E-state index contributed by atoms with van der Waals surface area (Å²) in [6.45, 7) is 0.901. The second-order valence-electron chi connectivity index (χ2n) is 4.72. The highest BCUT2D eigenvalue weighted by molar-refractivity contribution is 7.99. The number of nitrogens with zero attached hydrogens (tertiary/aromatic N) is 2. The summed E-state index contributed by atoms with van der Waals surface area (Å²) in [5.41, 5.74) is 1.10. The first kappa shape index (κ1) is 13.5. The maximum absolute atomic E-state index is 5.65. The molecule has 1 saturated heterocycles. The largest absolute Gasteiger partial charge is 0.497 e. The van der Waals surface area contributed by atoms with Gasteiger partial charge in [-0.25, -0.2) is 4.98 Å². The van der Waals surface area contributed by atoms with E-state index in [0.29, 0.717) is 6.10 Å². The highest BCUT2D eigenvalue weighted by atomic mass is 32.2. The molecule has 2 aromatic rings. The van der Waals surface area contributed by atoms with Gasteiger partial charge in [0.25, 0.3) is 0 Å². The van der Waals surface area contributed by atoms with Crippen LogP contribution >= 0.6 is 11.8 Å². The second kappa shape index (κ2) is 6.33. The smallest absolute Gasteiger partial charge is 0.172 e. The number of methoxy groups -OCH3 is 1. The molecule has 0 aliphatic carbocycles. The topological polar surface area (TPSA) is 36.3 Å². The molecule has 0 amide bonds. The fourth-order valence-corrected chi connectivity index (χ4v) is 3.32. The van der Waals surface area contributed by atoms with Gasteiger partial charge in [0.05, 0.1) is 13.2 Å². The van der Waals surface area contributed by atoms with E-state index >= 15 is 0 Å². The van der Waals surface area contributed by atoms with Crippen LogP contribution < -0.4 is 4.74 Å². The van der Waals surface area contributed by atoms with E-state index in [2.05, 4.69) is 9.55 Å². The zero-order valence-electron chi connectivity index (χ0n) is 11.5. The Balaban J connectivity index is 1.71. The Morgan fingerprint density at radius 1 is 1.40 bits per heavy atom. The summed E-state index contributed by atoms with van der Waals surface area (Å²) in [6.07, 6.45) is 6.54. The zero-order chi connectivity index (χ0) is 13.8. The van der Waals surface area contributed by atoms with Gasteiger partial charge in [0.2, 0.25) is 0 Å². The fraction of sp³-hybridized carbons (Fsp3) is 0.400. The van der Waals surface area contributed by atoms with E-state index in [9.17, 15) is 0 Å². The van der Waals surface area contributed by atoms with Crippen LogP contribution in [0, 0.1) is 0 Å². The molecule has 5 heteroatoms. The van der Waals surface area contributed by atoms with Crippen molar-refractivity contribution in [2.24, 2.45) is 0 Å². The van der Waals surface area contributed by atoms with Crippen LogP contribution in [0.15, 0.2) is 41.8 Å². The molecule has 4 nitrogen and oxygen atoms in total. The number of hydrogen-bond donors (Lipinski definition) is 0. The minimum absolute atomic E-state index is 0.376. The molecular formula is C15H18N2O2S. The van der Waals surface area contributed by atoms with Gasteiger partial charge in [0.1, 0.15) is 5.75 Å². The molecule has 2 heterocycles. The summed E-state index contributed by atoms with van der Waals surface area (Å²) in [5, 5.41) is 1.01. The van der Waals surface area contributed by atoms with Crippen molar-refractivity contribution in [3.8, 4) is 11.4 Å². The predicted octanol–water partition coefficient (Wildman–Crippen LogP) is 3.15. The van der Waals surface area contributed by atoms with Crippen molar-refractivity contribution in [2.75, 3.05) is 19.5 Å². The standard InChI is InChI=1S/C15H18N2O2S/c1-18-13-6-4-12(5-7-13)17-9-8-16-15(17)20-11-14-3-2-10-19-14/h4-9,14H,2-3,10-11H2,1H3. The molecule has 1 fully saturated rings.